The van der Waals surface area contributed by atoms with Crippen molar-refractivity contribution in [3.63, 3.8) is 0 Å². The normalized spacial score (nSPS) is 19.6. The van der Waals surface area contributed by atoms with Crippen LogP contribution in [0.1, 0.15) is 30.1 Å². The molecule has 2 rings (SSSR count). The monoisotopic (exact) mass is 139 g/mol. The Morgan fingerprint density at radius 3 is 2.89 bits per heavy atom. The fourth-order valence-electron chi connectivity index (χ4n) is 1.13. The second-order valence-electron chi connectivity index (χ2n) is 2.54. The van der Waals surface area contributed by atoms with Crippen LogP contribution >= 0.6 is 11.5 Å². The quantitative estimate of drug-likeness (QED) is 0.582. The van der Waals surface area contributed by atoms with Gasteiger partial charge in [-0.05, 0) is 36.4 Å². The molecule has 1 aliphatic rings. The highest BCUT2D eigenvalue weighted by Crippen LogP contribution is 2.37. The van der Waals surface area contributed by atoms with Crippen LogP contribution in [0.3, 0.4) is 0 Å². The van der Waals surface area contributed by atoms with Gasteiger partial charge in [-0.3, -0.25) is 0 Å². The van der Waals surface area contributed by atoms with Crippen LogP contribution in [0.2, 0.25) is 0 Å². The fraction of sp³-hybridized carbons (Fsp3) is 0.571. The van der Waals surface area contributed by atoms with Gasteiger partial charge in [0, 0.05) is 11.1 Å². The smallest absolute Gasteiger partial charge is 0.0409 e. The summed E-state index contributed by atoms with van der Waals surface area (Å²) in [5.41, 5.74) is 0. The summed E-state index contributed by atoms with van der Waals surface area (Å²) in [6, 6.07) is 2.15. The molecule has 0 amide bonds. The molecule has 1 aliphatic carbocycles. The van der Waals surface area contributed by atoms with Crippen LogP contribution in [0, 0.1) is 0 Å². The van der Waals surface area contributed by atoms with Crippen LogP contribution in [0.4, 0.5) is 0 Å². The van der Waals surface area contributed by atoms with Gasteiger partial charge < -0.3 is 0 Å². The van der Waals surface area contributed by atoms with E-state index in [0.717, 1.165) is 5.92 Å². The molecule has 0 bridgehead atoms. The summed E-state index contributed by atoms with van der Waals surface area (Å²) in [6.45, 7) is 0. The Balaban J connectivity index is 2.14. The highest BCUT2D eigenvalue weighted by Gasteiger charge is 2.20. The number of hydrogen-bond acceptors (Lipinski definition) is 2. The molecule has 1 fully saturated rings. The van der Waals surface area contributed by atoms with Crippen molar-refractivity contribution in [2.75, 3.05) is 0 Å². The Morgan fingerprint density at radius 2 is 2.44 bits per heavy atom. The summed E-state index contributed by atoms with van der Waals surface area (Å²) < 4.78 is 4.07. The summed E-state index contributed by atoms with van der Waals surface area (Å²) in [7, 11) is 0. The Kier molecular flexibility index (Phi) is 1.27. The summed E-state index contributed by atoms with van der Waals surface area (Å²) in [6.07, 6.45) is 6.10. The molecule has 1 nitrogen and oxygen atoms in total. The van der Waals surface area contributed by atoms with Crippen LogP contribution in [0.25, 0.3) is 0 Å². The highest BCUT2D eigenvalue weighted by molar-refractivity contribution is 7.05. The topological polar surface area (TPSA) is 12.9 Å². The van der Waals surface area contributed by atoms with Gasteiger partial charge in [0.1, 0.15) is 0 Å². The van der Waals surface area contributed by atoms with Gasteiger partial charge in [0.25, 0.3) is 0 Å². The maximum Gasteiger partial charge on any atom is 0.0409 e. The molecule has 0 spiro atoms. The first-order chi connectivity index (χ1) is 4.47. The van der Waals surface area contributed by atoms with Crippen LogP contribution < -0.4 is 0 Å². The van der Waals surface area contributed by atoms with E-state index < -0.39 is 0 Å². The third-order valence-electron chi connectivity index (χ3n) is 1.97. The zero-order chi connectivity index (χ0) is 6.10. The molecule has 48 valence electrons. The molecule has 0 radical (unpaired) electrons. The number of rotatable bonds is 1. The summed E-state index contributed by atoms with van der Waals surface area (Å²) in [4.78, 5) is 1.49. The molecule has 0 N–H and O–H groups in total. The third kappa shape index (κ3) is 0.874. The second kappa shape index (κ2) is 2.10. The number of hydrogen-bond donors (Lipinski definition) is 0. The van der Waals surface area contributed by atoms with Gasteiger partial charge in [-0.25, -0.2) is 4.37 Å². The molecular formula is C7H9NS. The lowest BCUT2D eigenvalue weighted by Gasteiger charge is -2.22. The predicted octanol–water partition coefficient (Wildman–Crippen LogP) is 2.41. The van der Waals surface area contributed by atoms with E-state index in [1.54, 1.807) is 11.5 Å². The first-order valence-corrected chi connectivity index (χ1v) is 4.15. The second-order valence-corrected chi connectivity index (χ2v) is 3.41. The SMILES string of the molecule is c1cc(C2CCC2)sn1. The average molecular weight is 139 g/mol. The lowest BCUT2D eigenvalue weighted by atomic mass is 9.84. The van der Waals surface area contributed by atoms with Gasteiger partial charge in [-0.1, -0.05) is 6.42 Å². The standard InChI is InChI=1S/C7H9NS/c1-2-6(3-1)7-4-5-8-9-7/h4-6H,1-3H2. The van der Waals surface area contributed by atoms with Gasteiger partial charge in [-0.2, -0.15) is 0 Å². The Morgan fingerprint density at radius 1 is 1.56 bits per heavy atom. The van der Waals surface area contributed by atoms with Gasteiger partial charge in [0.15, 0.2) is 0 Å². The summed E-state index contributed by atoms with van der Waals surface area (Å²) in [5.74, 6) is 0.873. The molecule has 1 saturated carbocycles. The van der Waals surface area contributed by atoms with E-state index in [1.807, 2.05) is 6.20 Å². The molecule has 0 unspecified atom stereocenters. The molecule has 9 heavy (non-hydrogen) atoms. The first-order valence-electron chi connectivity index (χ1n) is 3.37. The van der Waals surface area contributed by atoms with Crippen molar-refractivity contribution < 1.29 is 0 Å². The van der Waals surface area contributed by atoms with E-state index in [9.17, 15) is 0 Å². The zero-order valence-electron chi connectivity index (χ0n) is 5.21. The minimum Gasteiger partial charge on any atom is -0.201 e. The average Bonchev–Trinajstić information content (AvgIpc) is 2.11. The zero-order valence-corrected chi connectivity index (χ0v) is 6.03. The third-order valence-corrected chi connectivity index (χ3v) is 2.87. The lowest BCUT2D eigenvalue weighted by molar-refractivity contribution is 0.426. The number of aromatic nitrogens is 1. The molecule has 0 aliphatic heterocycles. The summed E-state index contributed by atoms with van der Waals surface area (Å²) >= 11 is 1.66. The highest BCUT2D eigenvalue weighted by atomic mass is 32.1. The van der Waals surface area contributed by atoms with Crippen molar-refractivity contribution in [1.29, 1.82) is 0 Å². The molecular weight excluding hydrogens is 130 g/mol. The van der Waals surface area contributed by atoms with Gasteiger partial charge in [0.2, 0.25) is 0 Å². The minimum absolute atomic E-state index is 0.873. The molecule has 1 aromatic heterocycles. The van der Waals surface area contributed by atoms with Crippen molar-refractivity contribution in [2.24, 2.45) is 0 Å². The molecule has 0 aromatic carbocycles. The summed E-state index contributed by atoms with van der Waals surface area (Å²) in [5, 5.41) is 0. The molecule has 1 heterocycles. The Labute approximate surface area is 58.9 Å². The van der Waals surface area contributed by atoms with E-state index in [-0.39, 0.29) is 0 Å². The molecule has 1 aromatic rings. The van der Waals surface area contributed by atoms with E-state index in [4.69, 9.17) is 0 Å². The van der Waals surface area contributed by atoms with Crippen LogP contribution in [-0.2, 0) is 0 Å². The van der Waals surface area contributed by atoms with Crippen LogP contribution in [0.15, 0.2) is 12.3 Å². The van der Waals surface area contributed by atoms with Crippen molar-refractivity contribution >= 4 is 11.5 Å². The minimum atomic E-state index is 0.873. The van der Waals surface area contributed by atoms with Gasteiger partial charge >= 0.3 is 0 Å². The van der Waals surface area contributed by atoms with Gasteiger partial charge in [0.05, 0.1) is 0 Å². The van der Waals surface area contributed by atoms with E-state index >= 15 is 0 Å². The molecule has 0 saturated heterocycles. The van der Waals surface area contributed by atoms with E-state index in [1.165, 1.54) is 24.1 Å². The largest absolute Gasteiger partial charge is 0.201 e. The van der Waals surface area contributed by atoms with E-state index in [0.29, 0.717) is 0 Å². The Hall–Kier alpha value is -0.370. The van der Waals surface area contributed by atoms with Gasteiger partial charge in [-0.15, -0.1) is 0 Å². The Bertz CT molecular complexity index is 177. The predicted molar refractivity (Wildman–Crippen MR) is 38.7 cm³/mol. The molecule has 0 atom stereocenters. The van der Waals surface area contributed by atoms with E-state index in [2.05, 4.69) is 10.4 Å². The lowest BCUT2D eigenvalue weighted by Crippen LogP contribution is -2.06. The van der Waals surface area contributed by atoms with Crippen molar-refractivity contribution in [3.05, 3.63) is 17.1 Å². The molecule has 2 heteroatoms. The number of nitrogens with zero attached hydrogens (tertiary/aromatic N) is 1. The van der Waals surface area contributed by atoms with Crippen LogP contribution in [-0.4, -0.2) is 4.37 Å². The first kappa shape index (κ1) is 5.42. The van der Waals surface area contributed by atoms with Crippen LogP contribution in [0.5, 0.6) is 0 Å². The maximum atomic E-state index is 4.07. The maximum absolute atomic E-state index is 4.07. The fourth-order valence-corrected chi connectivity index (χ4v) is 1.88. The van der Waals surface area contributed by atoms with Crippen molar-refractivity contribution in [3.8, 4) is 0 Å². The van der Waals surface area contributed by atoms with Crippen molar-refractivity contribution in [1.82, 2.24) is 4.37 Å². The van der Waals surface area contributed by atoms with Crippen molar-refractivity contribution in [2.45, 2.75) is 25.2 Å².